The number of hydrogen-bond donors (Lipinski definition) is 1. The molecule has 1 aliphatic rings. The largest absolute Gasteiger partial charge is 0.481 e. The molecule has 0 bridgehead atoms. The number of rotatable bonds is 2. The number of carboxylic acid groups (broad SMARTS) is 1. The summed E-state index contributed by atoms with van der Waals surface area (Å²) in [5.74, 6) is -1.40. The molecule has 0 atom stereocenters. The first-order chi connectivity index (χ1) is 8.09. The van der Waals surface area contributed by atoms with Gasteiger partial charge in [0.25, 0.3) is 0 Å². The third-order valence-corrected chi connectivity index (χ3v) is 3.02. The minimum absolute atomic E-state index is 0.326. The maximum atomic E-state index is 11.9. The third-order valence-electron chi connectivity index (χ3n) is 3.02. The first kappa shape index (κ1) is 11.6. The molecular formula is C13H15NO3. The van der Waals surface area contributed by atoms with Crippen molar-refractivity contribution in [2.75, 3.05) is 11.4 Å². The van der Waals surface area contributed by atoms with Gasteiger partial charge in [-0.2, -0.15) is 0 Å². The molecule has 1 amide bonds. The van der Waals surface area contributed by atoms with Crippen molar-refractivity contribution in [3.05, 3.63) is 29.3 Å². The maximum absolute atomic E-state index is 11.9. The number of aryl methyl sites for hydroxylation is 2. The molecule has 0 aliphatic carbocycles. The highest BCUT2D eigenvalue weighted by Gasteiger charge is 2.25. The molecule has 4 heteroatoms. The quantitative estimate of drug-likeness (QED) is 0.792. The first-order valence-corrected chi connectivity index (χ1v) is 5.70. The lowest BCUT2D eigenvalue weighted by Crippen LogP contribution is -2.37. The Kier molecular flexibility index (Phi) is 3.13. The Balaban J connectivity index is 2.34. The van der Waals surface area contributed by atoms with Gasteiger partial charge < -0.3 is 10.0 Å². The normalized spacial score (nSPS) is 14.3. The molecule has 0 fully saturated rings. The van der Waals surface area contributed by atoms with E-state index in [4.69, 9.17) is 5.11 Å². The molecule has 4 nitrogen and oxygen atoms in total. The van der Waals surface area contributed by atoms with E-state index in [2.05, 4.69) is 0 Å². The van der Waals surface area contributed by atoms with Crippen LogP contribution in [0.2, 0.25) is 0 Å². The Labute approximate surface area is 99.9 Å². The number of carboxylic acids is 1. The Morgan fingerprint density at radius 3 is 2.88 bits per heavy atom. The zero-order chi connectivity index (χ0) is 12.4. The van der Waals surface area contributed by atoms with Gasteiger partial charge in [0.1, 0.15) is 6.42 Å². The average Bonchev–Trinajstić information content (AvgIpc) is 2.28. The Bertz CT molecular complexity index is 468. The van der Waals surface area contributed by atoms with E-state index < -0.39 is 12.4 Å². The molecule has 0 radical (unpaired) electrons. The van der Waals surface area contributed by atoms with Crippen molar-refractivity contribution < 1.29 is 14.7 Å². The van der Waals surface area contributed by atoms with Gasteiger partial charge in [0.05, 0.1) is 0 Å². The van der Waals surface area contributed by atoms with Crippen molar-refractivity contribution in [3.8, 4) is 0 Å². The summed E-state index contributed by atoms with van der Waals surface area (Å²) in [6.07, 6.45) is 1.41. The zero-order valence-electron chi connectivity index (χ0n) is 9.77. The number of aliphatic carboxylic acids is 1. The number of benzene rings is 1. The molecule has 0 saturated heterocycles. The van der Waals surface area contributed by atoms with Crippen molar-refractivity contribution >= 4 is 17.6 Å². The van der Waals surface area contributed by atoms with Crippen molar-refractivity contribution in [2.45, 2.75) is 26.2 Å². The van der Waals surface area contributed by atoms with Crippen LogP contribution in [-0.4, -0.2) is 23.5 Å². The number of fused-ring (bicyclic) bond motifs is 1. The summed E-state index contributed by atoms with van der Waals surface area (Å²) >= 11 is 0. The number of anilines is 1. The molecule has 1 aliphatic heterocycles. The lowest BCUT2D eigenvalue weighted by atomic mass is 9.98. The molecule has 90 valence electrons. The molecule has 1 N–H and O–H groups in total. The standard InChI is InChI=1S/C13H15NO3/c1-9-4-2-5-10-6-3-7-14(13(9)10)11(15)8-12(16)17/h2,4-5H,3,6-8H2,1H3,(H,16,17). The average molecular weight is 233 g/mol. The van der Waals surface area contributed by atoms with E-state index in [9.17, 15) is 9.59 Å². The Morgan fingerprint density at radius 2 is 2.18 bits per heavy atom. The fourth-order valence-electron chi connectivity index (χ4n) is 2.32. The van der Waals surface area contributed by atoms with E-state index in [0.29, 0.717) is 6.54 Å². The number of carbonyl (C=O) groups excluding carboxylic acids is 1. The van der Waals surface area contributed by atoms with Crippen LogP contribution in [0.4, 0.5) is 5.69 Å². The summed E-state index contributed by atoms with van der Waals surface area (Å²) in [6.45, 7) is 2.56. The van der Waals surface area contributed by atoms with Crippen LogP contribution in [-0.2, 0) is 16.0 Å². The number of carbonyl (C=O) groups is 2. The molecule has 0 spiro atoms. The van der Waals surface area contributed by atoms with Gasteiger partial charge >= 0.3 is 5.97 Å². The fraction of sp³-hybridized carbons (Fsp3) is 0.385. The van der Waals surface area contributed by atoms with E-state index in [1.807, 2.05) is 25.1 Å². The topological polar surface area (TPSA) is 57.6 Å². The Hall–Kier alpha value is -1.84. The van der Waals surface area contributed by atoms with Crippen molar-refractivity contribution in [2.24, 2.45) is 0 Å². The molecule has 2 rings (SSSR count). The molecule has 1 heterocycles. The molecule has 1 aromatic rings. The van der Waals surface area contributed by atoms with Gasteiger partial charge in [-0.1, -0.05) is 18.2 Å². The predicted molar refractivity (Wildman–Crippen MR) is 64.1 cm³/mol. The van der Waals surface area contributed by atoms with E-state index in [0.717, 1.165) is 29.7 Å². The third kappa shape index (κ3) is 2.30. The van der Waals surface area contributed by atoms with Gasteiger partial charge in [-0.15, -0.1) is 0 Å². The second kappa shape index (κ2) is 4.57. The summed E-state index contributed by atoms with van der Waals surface area (Å²) in [5, 5.41) is 8.68. The van der Waals surface area contributed by atoms with Gasteiger partial charge in [0.2, 0.25) is 5.91 Å². The number of para-hydroxylation sites is 1. The van der Waals surface area contributed by atoms with Crippen LogP contribution in [0.15, 0.2) is 18.2 Å². The van der Waals surface area contributed by atoms with Crippen LogP contribution in [0.1, 0.15) is 24.0 Å². The smallest absolute Gasteiger partial charge is 0.312 e. The van der Waals surface area contributed by atoms with Crippen LogP contribution in [0.25, 0.3) is 0 Å². The minimum atomic E-state index is -1.07. The zero-order valence-corrected chi connectivity index (χ0v) is 9.77. The van der Waals surface area contributed by atoms with Crippen LogP contribution in [0, 0.1) is 6.92 Å². The Morgan fingerprint density at radius 1 is 1.41 bits per heavy atom. The highest BCUT2D eigenvalue weighted by Crippen LogP contribution is 2.30. The van der Waals surface area contributed by atoms with Gasteiger partial charge in [0, 0.05) is 12.2 Å². The molecule has 0 saturated carbocycles. The van der Waals surface area contributed by atoms with Crippen LogP contribution in [0.5, 0.6) is 0 Å². The van der Waals surface area contributed by atoms with Gasteiger partial charge in [-0.3, -0.25) is 9.59 Å². The van der Waals surface area contributed by atoms with E-state index in [-0.39, 0.29) is 5.91 Å². The van der Waals surface area contributed by atoms with E-state index in [1.54, 1.807) is 4.90 Å². The molecule has 0 unspecified atom stereocenters. The summed E-state index contributed by atoms with van der Waals surface area (Å²) in [6, 6.07) is 5.92. The van der Waals surface area contributed by atoms with E-state index in [1.165, 1.54) is 0 Å². The second-order valence-corrected chi connectivity index (χ2v) is 4.30. The van der Waals surface area contributed by atoms with Crippen molar-refractivity contribution in [3.63, 3.8) is 0 Å². The minimum Gasteiger partial charge on any atom is -0.481 e. The molecular weight excluding hydrogens is 218 g/mol. The van der Waals surface area contributed by atoms with Crippen molar-refractivity contribution in [1.82, 2.24) is 0 Å². The summed E-state index contributed by atoms with van der Waals surface area (Å²) in [7, 11) is 0. The highest BCUT2D eigenvalue weighted by molar-refractivity contribution is 6.04. The molecule has 1 aromatic carbocycles. The number of hydrogen-bond acceptors (Lipinski definition) is 2. The van der Waals surface area contributed by atoms with Crippen molar-refractivity contribution in [1.29, 1.82) is 0 Å². The lowest BCUT2D eigenvalue weighted by molar-refractivity contribution is -0.140. The number of nitrogens with zero attached hydrogens (tertiary/aromatic N) is 1. The lowest BCUT2D eigenvalue weighted by Gasteiger charge is -2.30. The predicted octanol–water partition coefficient (Wildman–Crippen LogP) is 1.75. The highest BCUT2D eigenvalue weighted by atomic mass is 16.4. The molecule has 0 aromatic heterocycles. The van der Waals surface area contributed by atoms with Gasteiger partial charge in [-0.25, -0.2) is 0 Å². The number of amides is 1. The SMILES string of the molecule is Cc1cccc2c1N(C(=O)CC(=O)O)CCC2. The van der Waals surface area contributed by atoms with Crippen LogP contribution >= 0.6 is 0 Å². The van der Waals surface area contributed by atoms with Gasteiger partial charge in [0.15, 0.2) is 0 Å². The monoisotopic (exact) mass is 233 g/mol. The summed E-state index contributed by atoms with van der Waals surface area (Å²) in [5.41, 5.74) is 3.07. The first-order valence-electron chi connectivity index (χ1n) is 5.70. The van der Waals surface area contributed by atoms with E-state index >= 15 is 0 Å². The molecule has 17 heavy (non-hydrogen) atoms. The second-order valence-electron chi connectivity index (χ2n) is 4.30. The van der Waals surface area contributed by atoms with Crippen LogP contribution in [0.3, 0.4) is 0 Å². The maximum Gasteiger partial charge on any atom is 0.312 e. The summed E-state index contributed by atoms with van der Waals surface area (Å²) < 4.78 is 0. The van der Waals surface area contributed by atoms with Gasteiger partial charge in [-0.05, 0) is 30.9 Å². The fourth-order valence-corrected chi connectivity index (χ4v) is 2.32. The van der Waals surface area contributed by atoms with Crippen LogP contribution < -0.4 is 4.90 Å². The summed E-state index contributed by atoms with van der Waals surface area (Å²) in [4.78, 5) is 24.1.